The second-order valence-electron chi connectivity index (χ2n) is 2.05. The van der Waals surface area contributed by atoms with Gasteiger partial charge in [-0.2, -0.15) is 0 Å². The number of hydrogen-bond acceptors (Lipinski definition) is 4. The fraction of sp³-hybridized carbons (Fsp3) is 1.00. The van der Waals surface area contributed by atoms with Crippen LogP contribution in [-0.4, -0.2) is 21.3 Å². The van der Waals surface area contributed by atoms with Crippen molar-refractivity contribution < 1.29 is 17.5 Å². The maximum absolute atomic E-state index is 8.73. The summed E-state index contributed by atoms with van der Waals surface area (Å²) in [7, 11) is 0. The summed E-state index contributed by atoms with van der Waals surface area (Å²) in [6.45, 7) is 3.46. The minimum Gasteiger partial charge on any atom is -0.287 e. The molecule has 5 heteroatoms. The average molecular weight is 154 g/mol. The van der Waals surface area contributed by atoms with E-state index in [1.54, 1.807) is 13.8 Å². The quantitative estimate of drug-likeness (QED) is 0.553. The molecule has 1 unspecified atom stereocenters. The molecule has 1 fully saturated rings. The monoisotopic (exact) mass is 154 g/mol. The highest BCUT2D eigenvalue weighted by atomic mass is 32.3. The second-order valence-corrected chi connectivity index (χ2v) is 3.33. The maximum Gasteiger partial charge on any atom is 0.219 e. The first-order chi connectivity index (χ1) is 4.01. The van der Waals surface area contributed by atoms with Gasteiger partial charge in [-0.1, -0.05) is 0 Å². The van der Waals surface area contributed by atoms with Gasteiger partial charge in [0.1, 0.15) is 12.2 Å². The van der Waals surface area contributed by atoms with E-state index in [9.17, 15) is 0 Å². The van der Waals surface area contributed by atoms with Crippen LogP contribution in [0.5, 0.6) is 0 Å². The summed E-state index contributed by atoms with van der Waals surface area (Å²) in [5.41, 5.74) is 0. The normalized spacial score (nSPS) is 44.9. The van der Waals surface area contributed by atoms with Gasteiger partial charge in [0.05, 0.1) is 0 Å². The molecule has 1 aliphatic rings. The molecule has 0 aromatic rings. The predicted molar refractivity (Wildman–Crippen MR) is 33.9 cm³/mol. The molecule has 0 spiro atoms. The molecule has 0 radical (unpaired) electrons. The Kier molecular flexibility index (Phi) is 1.71. The molecule has 2 atom stereocenters. The molecular formula is C4H10O4S. The van der Waals surface area contributed by atoms with E-state index in [0.29, 0.717) is 0 Å². The summed E-state index contributed by atoms with van der Waals surface area (Å²) >= 11 is -3.14. The number of hydrogen-bond donors (Lipinski definition) is 2. The summed E-state index contributed by atoms with van der Waals surface area (Å²) in [4.78, 5) is 0. The van der Waals surface area contributed by atoms with Crippen molar-refractivity contribution in [1.82, 2.24) is 0 Å². The van der Waals surface area contributed by atoms with Crippen molar-refractivity contribution in [3.63, 3.8) is 0 Å². The lowest BCUT2D eigenvalue weighted by Gasteiger charge is -2.15. The largest absolute Gasteiger partial charge is 0.287 e. The van der Waals surface area contributed by atoms with E-state index in [1.165, 1.54) is 0 Å². The SMILES string of the molecule is CC1OS(O)(O)O[C@@H]1C. The van der Waals surface area contributed by atoms with Crippen molar-refractivity contribution in [2.75, 3.05) is 0 Å². The zero-order valence-corrected chi connectivity index (χ0v) is 6.09. The topological polar surface area (TPSA) is 58.9 Å². The van der Waals surface area contributed by atoms with Gasteiger partial charge in [0, 0.05) is 0 Å². The van der Waals surface area contributed by atoms with Gasteiger partial charge in [-0.15, -0.1) is 0 Å². The van der Waals surface area contributed by atoms with Crippen molar-refractivity contribution in [2.45, 2.75) is 26.1 Å². The molecule has 2 N–H and O–H groups in total. The molecule has 0 aromatic heterocycles. The first-order valence-corrected chi connectivity index (χ1v) is 4.05. The smallest absolute Gasteiger partial charge is 0.219 e. The molecule has 9 heavy (non-hydrogen) atoms. The molecule has 1 heterocycles. The lowest BCUT2D eigenvalue weighted by molar-refractivity contribution is 0.187. The average Bonchev–Trinajstić information content (AvgIpc) is 1.79. The van der Waals surface area contributed by atoms with Crippen molar-refractivity contribution in [1.29, 1.82) is 0 Å². The van der Waals surface area contributed by atoms with Gasteiger partial charge < -0.3 is 0 Å². The third kappa shape index (κ3) is 1.56. The van der Waals surface area contributed by atoms with Gasteiger partial charge in [0.15, 0.2) is 0 Å². The Morgan fingerprint density at radius 1 is 1.11 bits per heavy atom. The van der Waals surface area contributed by atoms with Crippen molar-refractivity contribution in [3.8, 4) is 0 Å². The minimum absolute atomic E-state index is 0.227. The summed E-state index contributed by atoms with van der Waals surface area (Å²) in [5, 5.41) is 0. The maximum atomic E-state index is 8.73. The van der Waals surface area contributed by atoms with E-state index in [1.807, 2.05) is 0 Å². The third-order valence-corrected chi connectivity index (χ3v) is 2.32. The fourth-order valence-electron chi connectivity index (χ4n) is 0.575. The molecule has 0 aromatic carbocycles. The van der Waals surface area contributed by atoms with Gasteiger partial charge in [-0.25, -0.2) is 0 Å². The lowest BCUT2D eigenvalue weighted by Crippen LogP contribution is -2.13. The summed E-state index contributed by atoms with van der Waals surface area (Å²) in [5.74, 6) is 0. The predicted octanol–water partition coefficient (Wildman–Crippen LogP) is 1.39. The molecule has 1 rings (SSSR count). The van der Waals surface area contributed by atoms with E-state index in [0.717, 1.165) is 0 Å². The van der Waals surface area contributed by atoms with Crippen LogP contribution in [0.2, 0.25) is 0 Å². The van der Waals surface area contributed by atoms with Gasteiger partial charge >= 0.3 is 0 Å². The second kappa shape index (κ2) is 2.10. The van der Waals surface area contributed by atoms with Crippen LogP contribution in [0.4, 0.5) is 0 Å². The van der Waals surface area contributed by atoms with E-state index in [-0.39, 0.29) is 12.2 Å². The highest BCUT2D eigenvalue weighted by Gasteiger charge is 2.37. The van der Waals surface area contributed by atoms with Crippen molar-refractivity contribution in [2.24, 2.45) is 0 Å². The lowest BCUT2D eigenvalue weighted by atomic mass is 10.3. The van der Waals surface area contributed by atoms with E-state index >= 15 is 0 Å². The van der Waals surface area contributed by atoms with Crippen molar-refractivity contribution in [3.05, 3.63) is 0 Å². The summed E-state index contributed by atoms with van der Waals surface area (Å²) in [6, 6.07) is 0. The Bertz CT molecular complexity index is 103. The van der Waals surface area contributed by atoms with Crippen LogP contribution in [0.15, 0.2) is 0 Å². The van der Waals surface area contributed by atoms with Crippen molar-refractivity contribution >= 4 is 11.2 Å². The standard InChI is InChI=1S/C4H10O4S/c1-3-4(2)8-9(5,6)7-3/h3-6H,1-2H3/t3-,4?/m1/s1. The van der Waals surface area contributed by atoms with Crippen LogP contribution in [-0.2, 0) is 8.37 Å². The first-order valence-electron chi connectivity index (χ1n) is 2.66. The zero-order chi connectivity index (χ0) is 7.07. The van der Waals surface area contributed by atoms with Gasteiger partial charge in [0.2, 0.25) is 11.2 Å². The van der Waals surface area contributed by atoms with Gasteiger partial charge in [-0.3, -0.25) is 17.5 Å². The molecule has 0 aliphatic carbocycles. The molecular weight excluding hydrogens is 144 g/mol. The van der Waals surface area contributed by atoms with Crippen LogP contribution >= 0.6 is 11.2 Å². The summed E-state index contributed by atoms with van der Waals surface area (Å²) in [6.07, 6.45) is -0.454. The molecule has 1 saturated heterocycles. The molecule has 56 valence electrons. The Balaban J connectivity index is 2.54. The van der Waals surface area contributed by atoms with Crippen LogP contribution in [0.25, 0.3) is 0 Å². The Hall–Kier alpha value is 0.190. The van der Waals surface area contributed by atoms with Crippen LogP contribution in [0.1, 0.15) is 13.8 Å². The minimum atomic E-state index is -3.14. The van der Waals surface area contributed by atoms with Crippen LogP contribution < -0.4 is 0 Å². The molecule has 0 saturated carbocycles. The molecule has 0 bridgehead atoms. The number of rotatable bonds is 0. The Morgan fingerprint density at radius 3 is 1.56 bits per heavy atom. The van der Waals surface area contributed by atoms with E-state index in [4.69, 9.17) is 9.11 Å². The first kappa shape index (κ1) is 7.30. The van der Waals surface area contributed by atoms with E-state index in [2.05, 4.69) is 8.37 Å². The molecule has 4 nitrogen and oxygen atoms in total. The van der Waals surface area contributed by atoms with Crippen LogP contribution in [0, 0.1) is 0 Å². The highest BCUT2D eigenvalue weighted by molar-refractivity contribution is 8.16. The molecule has 0 amide bonds. The van der Waals surface area contributed by atoms with Gasteiger partial charge in [-0.05, 0) is 13.8 Å². The highest BCUT2D eigenvalue weighted by Crippen LogP contribution is 2.50. The Labute approximate surface area is 55.5 Å². The zero-order valence-electron chi connectivity index (χ0n) is 5.27. The van der Waals surface area contributed by atoms with Gasteiger partial charge in [0.25, 0.3) is 0 Å². The Morgan fingerprint density at radius 2 is 1.44 bits per heavy atom. The summed E-state index contributed by atoms with van der Waals surface area (Å²) < 4.78 is 26.7. The molecule has 1 aliphatic heterocycles. The van der Waals surface area contributed by atoms with Crippen LogP contribution in [0.3, 0.4) is 0 Å². The third-order valence-electron chi connectivity index (χ3n) is 1.22. The van der Waals surface area contributed by atoms with E-state index < -0.39 is 11.2 Å². The fourth-order valence-corrected chi connectivity index (χ4v) is 1.72.